The van der Waals surface area contributed by atoms with Gasteiger partial charge in [-0.3, -0.25) is 18.6 Å². The molecule has 0 aromatic heterocycles. The molecule has 0 aliphatic heterocycles. The van der Waals surface area contributed by atoms with Crippen LogP contribution in [0.3, 0.4) is 0 Å². The molecule has 0 saturated carbocycles. The average molecular weight is 1300 g/mol. The summed E-state index contributed by atoms with van der Waals surface area (Å²) >= 11 is 0. The van der Waals surface area contributed by atoms with Gasteiger partial charge in [0.25, 0.3) is 0 Å². The lowest BCUT2D eigenvalue weighted by Gasteiger charge is -2.24. The maximum Gasteiger partial charge on any atom is 0.472 e. The first kappa shape index (κ1) is 87.9. The van der Waals surface area contributed by atoms with E-state index in [1.54, 1.807) is 0 Å². The minimum Gasteiger partial charge on any atom is -0.462 e. The average Bonchev–Trinajstić information content (AvgIpc) is 2.34. The van der Waals surface area contributed by atoms with Crippen molar-refractivity contribution in [3.8, 4) is 0 Å². The Balaban J connectivity index is 4.03. The molecular formula is C82H141NO8P+. The van der Waals surface area contributed by atoms with Crippen LogP contribution < -0.4 is 0 Å². The van der Waals surface area contributed by atoms with Crippen LogP contribution in [0.5, 0.6) is 0 Å². The Kier molecular flexibility index (Phi) is 68.0. The van der Waals surface area contributed by atoms with E-state index in [9.17, 15) is 19.0 Å². The fourth-order valence-corrected chi connectivity index (χ4v) is 10.9. The first-order valence-electron chi connectivity index (χ1n) is 37.6. The number of nitrogens with zero attached hydrogens (tertiary/aromatic N) is 1. The van der Waals surface area contributed by atoms with Gasteiger partial charge in [0, 0.05) is 12.8 Å². The van der Waals surface area contributed by atoms with Crippen LogP contribution in [0.1, 0.15) is 309 Å². The van der Waals surface area contributed by atoms with Crippen molar-refractivity contribution in [2.24, 2.45) is 0 Å². The molecule has 526 valence electrons. The van der Waals surface area contributed by atoms with Crippen molar-refractivity contribution in [2.75, 3.05) is 47.5 Å². The Morgan fingerprint density at radius 3 is 0.870 bits per heavy atom. The van der Waals surface area contributed by atoms with Gasteiger partial charge in [0.05, 0.1) is 27.7 Å². The number of ether oxygens (including phenoxy) is 2. The van der Waals surface area contributed by atoms with E-state index in [0.717, 1.165) is 116 Å². The topological polar surface area (TPSA) is 108 Å². The van der Waals surface area contributed by atoms with Gasteiger partial charge in [-0.15, -0.1) is 0 Å². The lowest BCUT2D eigenvalue weighted by atomic mass is 10.0. The molecule has 10 heteroatoms. The highest BCUT2D eigenvalue weighted by atomic mass is 31.2. The molecule has 0 aromatic carbocycles. The summed E-state index contributed by atoms with van der Waals surface area (Å²) in [5.41, 5.74) is 0. The molecule has 0 heterocycles. The molecule has 0 fully saturated rings. The molecule has 92 heavy (non-hydrogen) atoms. The molecule has 0 bridgehead atoms. The maximum atomic E-state index is 12.9. The highest BCUT2D eigenvalue weighted by molar-refractivity contribution is 7.47. The van der Waals surface area contributed by atoms with Crippen molar-refractivity contribution in [1.29, 1.82) is 0 Å². The number of rotatable bonds is 68. The summed E-state index contributed by atoms with van der Waals surface area (Å²) < 4.78 is 34.8. The van der Waals surface area contributed by atoms with Gasteiger partial charge in [0.1, 0.15) is 19.8 Å². The minimum absolute atomic E-state index is 0.0271. The predicted octanol–water partition coefficient (Wildman–Crippen LogP) is 24.9. The van der Waals surface area contributed by atoms with Crippen LogP contribution in [0.2, 0.25) is 0 Å². The first-order chi connectivity index (χ1) is 45.0. The number of hydrogen-bond donors (Lipinski definition) is 1. The van der Waals surface area contributed by atoms with E-state index in [-0.39, 0.29) is 32.0 Å². The fraction of sp³-hybridized carbons (Fsp3) is 0.683. The number of carbonyl (C=O) groups excluding carboxylic acids is 2. The van der Waals surface area contributed by atoms with Crippen LogP contribution in [0, 0.1) is 0 Å². The van der Waals surface area contributed by atoms with Gasteiger partial charge < -0.3 is 18.9 Å². The van der Waals surface area contributed by atoms with Gasteiger partial charge in [-0.1, -0.05) is 327 Å². The van der Waals surface area contributed by atoms with Gasteiger partial charge in [0.15, 0.2) is 6.10 Å². The molecule has 2 atom stereocenters. The van der Waals surface area contributed by atoms with E-state index in [4.69, 9.17) is 18.5 Å². The Labute approximate surface area is 567 Å². The summed E-state index contributed by atoms with van der Waals surface area (Å²) in [5.74, 6) is -0.794. The summed E-state index contributed by atoms with van der Waals surface area (Å²) in [6, 6.07) is 0. The first-order valence-corrected chi connectivity index (χ1v) is 39.1. The summed E-state index contributed by atoms with van der Waals surface area (Å²) in [6.45, 7) is 4.22. The van der Waals surface area contributed by atoms with Crippen molar-refractivity contribution in [3.63, 3.8) is 0 Å². The van der Waals surface area contributed by atoms with Crippen molar-refractivity contribution in [1.82, 2.24) is 0 Å². The maximum absolute atomic E-state index is 12.9. The molecule has 0 amide bonds. The van der Waals surface area contributed by atoms with E-state index in [1.807, 2.05) is 21.1 Å². The number of phosphoric ester groups is 1. The lowest BCUT2D eigenvalue weighted by molar-refractivity contribution is -0.870. The molecule has 0 aliphatic carbocycles. The quantitative estimate of drug-likeness (QED) is 0.0211. The number of hydrogen-bond acceptors (Lipinski definition) is 7. The standard InChI is InChI=1S/C82H140NO8P/c1-6-8-10-12-14-16-18-20-22-24-26-28-30-32-34-36-38-39-40-41-42-43-45-47-49-51-53-55-57-59-61-63-65-67-69-71-73-75-82(85)91-80(79-90-92(86,87)89-77-76-83(3,4)5)78-88-81(84)74-72-70-68-66-64-62-60-58-56-54-52-50-48-46-44-37-35-33-31-29-27-25-23-21-19-17-15-13-11-9-7-2/h8-11,14-17,20-23,26-29,32-35,38-39,41-42,80H,6-7,12-13,18-19,24-25,30-31,36-37,40,43-79H2,1-5H3/p+1/b10-8-,11-9-,16-14-,17-15-,22-20-,23-21-,28-26-,29-27-,34-32-,35-33-,39-38-,42-41-. The SMILES string of the molecule is CC/C=C\C/C=C\C/C=C\C/C=C\C/C=C\C/C=C\C/C=C\CCCCCCCCCCCCCCCCCC(=O)OC(COC(=O)CCCCCCCCCCCCCCCCC/C=C\C/C=C\C/C=C\C/C=C\C/C=C\CC)COP(=O)(O)OCC[N+](C)(C)C. The normalized spacial score (nSPS) is 13.9. The smallest absolute Gasteiger partial charge is 0.462 e. The minimum atomic E-state index is -4.40. The van der Waals surface area contributed by atoms with E-state index in [0.29, 0.717) is 17.4 Å². The molecule has 0 aliphatic rings. The lowest BCUT2D eigenvalue weighted by Crippen LogP contribution is -2.37. The van der Waals surface area contributed by atoms with E-state index in [2.05, 4.69) is 160 Å². The second-order valence-corrected chi connectivity index (χ2v) is 27.4. The number of esters is 2. The molecule has 0 aromatic rings. The monoisotopic (exact) mass is 1300 g/mol. The highest BCUT2D eigenvalue weighted by Crippen LogP contribution is 2.43. The number of allylic oxidation sites excluding steroid dienone is 24. The molecule has 0 saturated heterocycles. The Morgan fingerprint density at radius 1 is 0.337 bits per heavy atom. The van der Waals surface area contributed by atoms with Crippen molar-refractivity contribution in [2.45, 2.75) is 315 Å². The van der Waals surface area contributed by atoms with Crippen LogP contribution in [-0.2, 0) is 32.7 Å². The number of quaternary nitrogens is 1. The third-order valence-corrected chi connectivity index (χ3v) is 16.8. The number of likely N-dealkylation sites (N-methyl/N-ethyl adjacent to an activating group) is 1. The van der Waals surface area contributed by atoms with Gasteiger partial charge >= 0.3 is 19.8 Å². The largest absolute Gasteiger partial charge is 0.472 e. The molecule has 0 spiro atoms. The second kappa shape index (κ2) is 71.2. The molecule has 9 nitrogen and oxygen atoms in total. The van der Waals surface area contributed by atoms with E-state index >= 15 is 0 Å². The van der Waals surface area contributed by atoms with Gasteiger partial charge in [-0.25, -0.2) is 4.57 Å². The summed E-state index contributed by atoms with van der Waals surface area (Å²) in [5, 5.41) is 0. The van der Waals surface area contributed by atoms with Crippen LogP contribution in [-0.4, -0.2) is 74.9 Å². The van der Waals surface area contributed by atoms with E-state index < -0.39 is 26.5 Å². The van der Waals surface area contributed by atoms with Crippen molar-refractivity contribution >= 4 is 19.8 Å². The van der Waals surface area contributed by atoms with Crippen LogP contribution >= 0.6 is 7.82 Å². The zero-order chi connectivity index (χ0) is 66.9. The van der Waals surface area contributed by atoms with Crippen molar-refractivity contribution in [3.05, 3.63) is 146 Å². The fourth-order valence-electron chi connectivity index (χ4n) is 10.2. The Hall–Kier alpha value is -4.11. The van der Waals surface area contributed by atoms with E-state index in [1.165, 1.54) is 161 Å². The zero-order valence-corrected chi connectivity index (χ0v) is 60.9. The predicted molar refractivity (Wildman–Crippen MR) is 399 cm³/mol. The number of phosphoric acid groups is 1. The summed E-state index contributed by atoms with van der Waals surface area (Å²) in [7, 11) is 1.47. The van der Waals surface area contributed by atoms with Gasteiger partial charge in [-0.2, -0.15) is 0 Å². The Bertz CT molecular complexity index is 2070. The highest BCUT2D eigenvalue weighted by Gasteiger charge is 2.27. The molecular weight excluding hydrogens is 1160 g/mol. The van der Waals surface area contributed by atoms with Crippen LogP contribution in [0.4, 0.5) is 0 Å². The summed E-state index contributed by atoms with van der Waals surface area (Å²) in [6.07, 6.45) is 105. The molecule has 0 radical (unpaired) electrons. The third kappa shape index (κ3) is 74.9. The Morgan fingerprint density at radius 2 is 0.587 bits per heavy atom. The van der Waals surface area contributed by atoms with Gasteiger partial charge in [-0.05, 0) is 116 Å². The summed E-state index contributed by atoms with van der Waals surface area (Å²) in [4.78, 5) is 36.0. The molecule has 0 rings (SSSR count). The zero-order valence-electron chi connectivity index (χ0n) is 60.0. The van der Waals surface area contributed by atoms with Crippen LogP contribution in [0.25, 0.3) is 0 Å². The van der Waals surface area contributed by atoms with Crippen LogP contribution in [0.15, 0.2) is 146 Å². The number of carbonyl (C=O) groups is 2. The van der Waals surface area contributed by atoms with Gasteiger partial charge in [0.2, 0.25) is 0 Å². The molecule has 2 unspecified atom stereocenters. The van der Waals surface area contributed by atoms with Crippen molar-refractivity contribution < 1.29 is 42.1 Å². The number of unbranched alkanes of at least 4 members (excludes halogenated alkanes) is 30. The second-order valence-electron chi connectivity index (χ2n) is 25.9. The molecule has 1 N–H and O–H groups in total. The third-order valence-electron chi connectivity index (χ3n) is 15.9.